The number of nitrogens with two attached hydrogens (primary N) is 2. The maximum atomic E-state index is 6.09. The summed E-state index contributed by atoms with van der Waals surface area (Å²) in [6.45, 7) is 0. The molecule has 0 spiro atoms. The second-order valence-electron chi connectivity index (χ2n) is 5.10. The van der Waals surface area contributed by atoms with E-state index >= 15 is 0 Å². The molecule has 0 aliphatic carbocycles. The van der Waals surface area contributed by atoms with Crippen LogP contribution in [0.2, 0.25) is 0 Å². The van der Waals surface area contributed by atoms with Crippen LogP contribution in [0.25, 0.3) is 0 Å². The molecule has 0 heterocycles. The molecular formula is C19H18N2OS2. The summed E-state index contributed by atoms with van der Waals surface area (Å²) in [6.07, 6.45) is 0. The highest BCUT2D eigenvalue weighted by Crippen LogP contribution is 2.42. The molecule has 3 aromatic rings. The van der Waals surface area contributed by atoms with E-state index < -0.39 is 0 Å². The van der Waals surface area contributed by atoms with Gasteiger partial charge >= 0.3 is 0 Å². The molecule has 0 aromatic heterocycles. The lowest BCUT2D eigenvalue weighted by Gasteiger charge is -2.12. The minimum absolute atomic E-state index is 0.675. The van der Waals surface area contributed by atoms with Crippen LogP contribution in [0.1, 0.15) is 0 Å². The molecule has 0 bridgehead atoms. The average Bonchev–Trinajstić information content (AvgIpc) is 2.59. The second-order valence-corrected chi connectivity index (χ2v) is 7.27. The first-order chi connectivity index (χ1) is 11.7. The van der Waals surface area contributed by atoms with Gasteiger partial charge in [0.1, 0.15) is 5.75 Å². The van der Waals surface area contributed by atoms with E-state index in [2.05, 4.69) is 18.2 Å². The number of methoxy groups -OCH3 is 1. The highest BCUT2D eigenvalue weighted by Gasteiger charge is 2.10. The lowest BCUT2D eigenvalue weighted by atomic mass is 10.3. The molecule has 24 heavy (non-hydrogen) atoms. The van der Waals surface area contributed by atoms with Crippen LogP contribution in [0.3, 0.4) is 0 Å². The summed E-state index contributed by atoms with van der Waals surface area (Å²) in [6, 6.07) is 21.9. The van der Waals surface area contributed by atoms with Crippen LogP contribution in [0.4, 0.5) is 11.4 Å². The number of hydrogen-bond acceptors (Lipinski definition) is 5. The van der Waals surface area contributed by atoms with E-state index in [1.807, 2.05) is 42.5 Å². The third-order valence-corrected chi connectivity index (χ3v) is 5.82. The first-order valence-corrected chi connectivity index (χ1v) is 9.03. The van der Waals surface area contributed by atoms with Crippen molar-refractivity contribution in [3.63, 3.8) is 0 Å². The van der Waals surface area contributed by atoms with Gasteiger partial charge in [0.15, 0.2) is 0 Å². The van der Waals surface area contributed by atoms with Gasteiger partial charge in [0, 0.05) is 26.1 Å². The lowest BCUT2D eigenvalue weighted by molar-refractivity contribution is 0.405. The Balaban J connectivity index is 1.90. The summed E-state index contributed by atoms with van der Waals surface area (Å²) >= 11 is 3.32. The van der Waals surface area contributed by atoms with Gasteiger partial charge in [-0.05, 0) is 42.5 Å². The van der Waals surface area contributed by atoms with E-state index in [0.717, 1.165) is 25.3 Å². The Kier molecular flexibility index (Phi) is 5.23. The number of para-hydroxylation sites is 1. The zero-order valence-electron chi connectivity index (χ0n) is 13.2. The number of hydrogen-bond donors (Lipinski definition) is 2. The van der Waals surface area contributed by atoms with E-state index in [-0.39, 0.29) is 0 Å². The molecule has 3 nitrogen and oxygen atoms in total. The summed E-state index contributed by atoms with van der Waals surface area (Å²) in [5, 5.41) is 0. The molecule has 4 N–H and O–H groups in total. The summed E-state index contributed by atoms with van der Waals surface area (Å²) in [5.74, 6) is 0.870. The molecule has 0 aliphatic heterocycles. The van der Waals surface area contributed by atoms with E-state index in [1.165, 1.54) is 0 Å². The molecule has 3 rings (SSSR count). The van der Waals surface area contributed by atoms with E-state index in [0.29, 0.717) is 11.4 Å². The van der Waals surface area contributed by atoms with Gasteiger partial charge in [-0.25, -0.2) is 0 Å². The number of rotatable bonds is 5. The van der Waals surface area contributed by atoms with Gasteiger partial charge in [0.05, 0.1) is 12.0 Å². The number of ether oxygens (including phenoxy) is 1. The van der Waals surface area contributed by atoms with Crippen LogP contribution in [0.5, 0.6) is 5.75 Å². The Hall–Kier alpha value is -2.24. The van der Waals surface area contributed by atoms with Crippen molar-refractivity contribution in [3.05, 3.63) is 66.7 Å². The summed E-state index contributed by atoms with van der Waals surface area (Å²) in [5.41, 5.74) is 13.2. The average molecular weight is 355 g/mol. The van der Waals surface area contributed by atoms with Crippen molar-refractivity contribution >= 4 is 34.9 Å². The Morgan fingerprint density at radius 1 is 0.708 bits per heavy atom. The van der Waals surface area contributed by atoms with Gasteiger partial charge in [-0.3, -0.25) is 0 Å². The first-order valence-electron chi connectivity index (χ1n) is 7.40. The van der Waals surface area contributed by atoms with Crippen molar-refractivity contribution in [2.75, 3.05) is 18.6 Å². The highest BCUT2D eigenvalue weighted by atomic mass is 32.2. The predicted molar refractivity (Wildman–Crippen MR) is 103 cm³/mol. The Morgan fingerprint density at radius 2 is 1.29 bits per heavy atom. The van der Waals surface area contributed by atoms with Gasteiger partial charge < -0.3 is 16.2 Å². The minimum atomic E-state index is 0.675. The monoisotopic (exact) mass is 354 g/mol. The van der Waals surface area contributed by atoms with Crippen LogP contribution in [-0.4, -0.2) is 7.11 Å². The second kappa shape index (κ2) is 7.55. The molecule has 3 aromatic carbocycles. The molecular weight excluding hydrogens is 336 g/mol. The van der Waals surface area contributed by atoms with Gasteiger partial charge in [-0.15, -0.1) is 0 Å². The molecule has 0 amide bonds. The fraction of sp³-hybridized carbons (Fsp3) is 0.0526. The molecule has 0 saturated carbocycles. The Morgan fingerprint density at radius 3 is 1.92 bits per heavy atom. The van der Waals surface area contributed by atoms with Crippen molar-refractivity contribution in [2.24, 2.45) is 0 Å². The number of anilines is 2. The summed E-state index contributed by atoms with van der Waals surface area (Å²) < 4.78 is 5.45. The van der Waals surface area contributed by atoms with Crippen LogP contribution < -0.4 is 16.2 Å². The third-order valence-electron chi connectivity index (χ3n) is 3.39. The Bertz CT molecular complexity index is 852. The molecule has 0 fully saturated rings. The van der Waals surface area contributed by atoms with E-state index in [4.69, 9.17) is 16.2 Å². The quantitative estimate of drug-likeness (QED) is 0.620. The lowest BCUT2D eigenvalue weighted by Crippen LogP contribution is -1.92. The molecule has 5 heteroatoms. The fourth-order valence-corrected chi connectivity index (χ4v) is 4.28. The molecule has 0 aliphatic rings. The maximum Gasteiger partial charge on any atom is 0.132 e. The van der Waals surface area contributed by atoms with Crippen molar-refractivity contribution < 1.29 is 4.74 Å². The van der Waals surface area contributed by atoms with Crippen molar-refractivity contribution in [1.82, 2.24) is 0 Å². The molecule has 122 valence electrons. The van der Waals surface area contributed by atoms with Crippen molar-refractivity contribution in [3.8, 4) is 5.75 Å². The van der Waals surface area contributed by atoms with Gasteiger partial charge in [0.2, 0.25) is 0 Å². The topological polar surface area (TPSA) is 61.3 Å². The largest absolute Gasteiger partial charge is 0.496 e. The van der Waals surface area contributed by atoms with Crippen LogP contribution in [-0.2, 0) is 0 Å². The van der Waals surface area contributed by atoms with Gasteiger partial charge in [-0.1, -0.05) is 47.8 Å². The summed E-state index contributed by atoms with van der Waals surface area (Å²) in [7, 11) is 1.69. The van der Waals surface area contributed by atoms with Gasteiger partial charge in [0.25, 0.3) is 0 Å². The number of nitrogen functional groups attached to an aromatic ring is 2. The predicted octanol–water partition coefficient (Wildman–Crippen LogP) is 5.16. The molecule has 0 atom stereocenters. The third kappa shape index (κ3) is 3.80. The van der Waals surface area contributed by atoms with E-state index in [9.17, 15) is 0 Å². The molecule has 0 saturated heterocycles. The van der Waals surface area contributed by atoms with Crippen LogP contribution >= 0.6 is 23.5 Å². The van der Waals surface area contributed by atoms with Gasteiger partial charge in [-0.2, -0.15) is 0 Å². The van der Waals surface area contributed by atoms with Crippen molar-refractivity contribution in [1.29, 1.82) is 0 Å². The smallest absolute Gasteiger partial charge is 0.132 e. The zero-order valence-corrected chi connectivity index (χ0v) is 14.9. The normalized spacial score (nSPS) is 10.5. The standard InChI is InChI=1S/C19H18N2OS2/c1-22-15-6-2-3-7-17(15)24-19-9-5-4-8-18(19)23-16-11-10-13(20)12-14(16)21/h2-12H,20-21H2,1H3. The van der Waals surface area contributed by atoms with Crippen molar-refractivity contribution in [2.45, 2.75) is 19.6 Å². The molecule has 0 unspecified atom stereocenters. The molecule has 0 radical (unpaired) electrons. The van der Waals surface area contributed by atoms with E-state index in [1.54, 1.807) is 36.7 Å². The van der Waals surface area contributed by atoms with Crippen LogP contribution in [0, 0.1) is 0 Å². The summed E-state index contributed by atoms with van der Waals surface area (Å²) in [4.78, 5) is 4.38. The maximum absolute atomic E-state index is 6.09. The SMILES string of the molecule is COc1ccccc1Sc1ccccc1Sc1ccc(N)cc1N. The number of benzene rings is 3. The minimum Gasteiger partial charge on any atom is -0.496 e. The van der Waals surface area contributed by atoms with Crippen LogP contribution in [0.15, 0.2) is 86.3 Å². The zero-order chi connectivity index (χ0) is 16.9. The highest BCUT2D eigenvalue weighted by molar-refractivity contribution is 8.02. The fourth-order valence-electron chi connectivity index (χ4n) is 2.22. The Labute approximate surface area is 150 Å². The first kappa shape index (κ1) is 16.6.